The standard InChI is InChI=1S/C14H11ClN2O2S/c1-2-12-16-9(7-20-12)6-17-11-5-8(15)3-4-10(11)13(18)14(17)19/h3-5,7H,2,6H2,1H3. The van der Waals surface area contributed by atoms with Gasteiger partial charge in [-0.1, -0.05) is 18.5 Å². The Bertz CT molecular complexity index is 711. The van der Waals surface area contributed by atoms with Crippen molar-refractivity contribution in [3.63, 3.8) is 0 Å². The molecule has 1 amide bonds. The number of benzene rings is 1. The van der Waals surface area contributed by atoms with Gasteiger partial charge in [0.2, 0.25) is 0 Å². The van der Waals surface area contributed by atoms with E-state index in [-0.39, 0.29) is 0 Å². The van der Waals surface area contributed by atoms with Crippen molar-refractivity contribution in [2.75, 3.05) is 4.90 Å². The maximum Gasteiger partial charge on any atom is 0.299 e. The fourth-order valence-electron chi connectivity index (χ4n) is 2.17. The Morgan fingerprint density at radius 3 is 2.85 bits per heavy atom. The highest BCUT2D eigenvalue weighted by atomic mass is 35.5. The van der Waals surface area contributed by atoms with E-state index in [1.807, 2.05) is 12.3 Å². The van der Waals surface area contributed by atoms with Crippen molar-refractivity contribution >= 4 is 40.3 Å². The number of aromatic nitrogens is 1. The third kappa shape index (κ3) is 2.13. The molecule has 4 nitrogen and oxygen atoms in total. The molecule has 0 aliphatic carbocycles. The normalized spacial score (nSPS) is 14.0. The van der Waals surface area contributed by atoms with Crippen molar-refractivity contribution in [1.29, 1.82) is 0 Å². The van der Waals surface area contributed by atoms with Crippen molar-refractivity contribution in [3.8, 4) is 0 Å². The Hall–Kier alpha value is -1.72. The molecular weight excluding hydrogens is 296 g/mol. The molecule has 0 unspecified atom stereocenters. The van der Waals surface area contributed by atoms with Gasteiger partial charge in [0.1, 0.15) is 0 Å². The molecule has 0 fully saturated rings. The summed E-state index contributed by atoms with van der Waals surface area (Å²) in [5.41, 5.74) is 1.77. The van der Waals surface area contributed by atoms with Gasteiger partial charge in [0, 0.05) is 10.4 Å². The van der Waals surface area contributed by atoms with Crippen LogP contribution in [0.3, 0.4) is 0 Å². The average molecular weight is 307 g/mol. The van der Waals surface area contributed by atoms with Gasteiger partial charge in [-0.2, -0.15) is 0 Å². The number of fused-ring (bicyclic) bond motifs is 1. The number of halogens is 1. The van der Waals surface area contributed by atoms with Gasteiger partial charge in [-0.25, -0.2) is 4.98 Å². The quantitative estimate of drug-likeness (QED) is 0.819. The lowest BCUT2D eigenvalue weighted by Crippen LogP contribution is -2.29. The molecule has 0 N–H and O–H groups in total. The summed E-state index contributed by atoms with van der Waals surface area (Å²) in [4.78, 5) is 29.9. The molecule has 3 rings (SSSR count). The second-order valence-corrected chi connectivity index (χ2v) is 5.85. The van der Waals surface area contributed by atoms with E-state index >= 15 is 0 Å². The summed E-state index contributed by atoms with van der Waals surface area (Å²) in [5, 5.41) is 3.44. The molecule has 0 atom stereocenters. The number of aryl methyl sites for hydroxylation is 1. The number of carbonyl (C=O) groups is 2. The monoisotopic (exact) mass is 306 g/mol. The third-order valence-electron chi connectivity index (χ3n) is 3.16. The number of carbonyl (C=O) groups excluding carboxylic acids is 2. The molecule has 0 saturated carbocycles. The molecule has 1 aromatic carbocycles. The van der Waals surface area contributed by atoms with E-state index in [2.05, 4.69) is 4.98 Å². The molecule has 102 valence electrons. The molecule has 1 aromatic heterocycles. The van der Waals surface area contributed by atoms with Crippen LogP contribution in [0.2, 0.25) is 5.02 Å². The van der Waals surface area contributed by atoms with Gasteiger partial charge >= 0.3 is 0 Å². The van der Waals surface area contributed by atoms with Crippen LogP contribution in [0.4, 0.5) is 5.69 Å². The Morgan fingerprint density at radius 1 is 1.35 bits per heavy atom. The SMILES string of the molecule is CCc1nc(CN2C(=O)C(=O)c3ccc(Cl)cc32)cs1. The lowest BCUT2D eigenvalue weighted by molar-refractivity contribution is -0.114. The minimum atomic E-state index is -0.520. The molecule has 2 heterocycles. The number of ketones is 1. The van der Waals surface area contributed by atoms with Gasteiger partial charge in [-0.15, -0.1) is 11.3 Å². The summed E-state index contributed by atoms with van der Waals surface area (Å²) in [5.74, 6) is -1.00. The van der Waals surface area contributed by atoms with E-state index in [0.29, 0.717) is 22.8 Å². The van der Waals surface area contributed by atoms with Gasteiger partial charge < -0.3 is 0 Å². The first-order chi connectivity index (χ1) is 9.60. The van der Waals surface area contributed by atoms with Crippen molar-refractivity contribution in [2.24, 2.45) is 0 Å². The second kappa shape index (κ2) is 5.00. The molecule has 0 bridgehead atoms. The fourth-order valence-corrected chi connectivity index (χ4v) is 3.07. The maximum atomic E-state index is 12.1. The molecular formula is C14H11ClN2O2S. The first-order valence-electron chi connectivity index (χ1n) is 6.19. The molecule has 6 heteroatoms. The minimum Gasteiger partial charge on any atom is -0.299 e. The van der Waals surface area contributed by atoms with Crippen molar-refractivity contribution < 1.29 is 9.59 Å². The first kappa shape index (κ1) is 13.3. The Balaban J connectivity index is 1.96. The van der Waals surface area contributed by atoms with Crippen LogP contribution in [-0.2, 0) is 17.8 Å². The van der Waals surface area contributed by atoms with E-state index in [1.165, 1.54) is 4.90 Å². The number of hydrogen-bond donors (Lipinski definition) is 0. The Morgan fingerprint density at radius 2 is 2.15 bits per heavy atom. The lowest BCUT2D eigenvalue weighted by Gasteiger charge is -2.15. The van der Waals surface area contributed by atoms with E-state index in [1.54, 1.807) is 29.5 Å². The smallest absolute Gasteiger partial charge is 0.299 e. The Kier molecular flexibility index (Phi) is 3.31. The number of anilines is 1. The summed E-state index contributed by atoms with van der Waals surface area (Å²) in [6.07, 6.45) is 0.861. The van der Waals surface area contributed by atoms with Crippen molar-refractivity contribution in [3.05, 3.63) is 44.9 Å². The first-order valence-corrected chi connectivity index (χ1v) is 7.45. The number of nitrogens with zero attached hydrogens (tertiary/aromatic N) is 2. The number of rotatable bonds is 3. The Labute approximate surface area is 125 Å². The molecule has 0 spiro atoms. The fraction of sp³-hybridized carbons (Fsp3) is 0.214. The van der Waals surface area contributed by atoms with Gasteiger partial charge in [0.05, 0.1) is 28.5 Å². The van der Waals surface area contributed by atoms with E-state index in [9.17, 15) is 9.59 Å². The molecule has 2 aromatic rings. The third-order valence-corrected chi connectivity index (χ3v) is 4.43. The number of thiazole rings is 1. The van der Waals surface area contributed by atoms with Gasteiger partial charge in [0.15, 0.2) is 0 Å². The second-order valence-electron chi connectivity index (χ2n) is 4.47. The predicted molar refractivity (Wildman–Crippen MR) is 78.5 cm³/mol. The number of amides is 1. The highest BCUT2D eigenvalue weighted by Crippen LogP contribution is 2.32. The van der Waals surface area contributed by atoms with Gasteiger partial charge in [0.25, 0.3) is 11.7 Å². The van der Waals surface area contributed by atoms with Gasteiger partial charge in [-0.05, 0) is 24.6 Å². The minimum absolute atomic E-state index is 0.300. The van der Waals surface area contributed by atoms with Gasteiger partial charge in [-0.3, -0.25) is 14.5 Å². The number of hydrogen-bond acceptors (Lipinski definition) is 4. The molecule has 0 radical (unpaired) electrons. The largest absolute Gasteiger partial charge is 0.299 e. The highest BCUT2D eigenvalue weighted by Gasteiger charge is 2.36. The van der Waals surface area contributed by atoms with Crippen LogP contribution in [0, 0.1) is 0 Å². The average Bonchev–Trinajstić information content (AvgIpc) is 2.98. The topological polar surface area (TPSA) is 50.3 Å². The number of Topliss-reactive ketones (excluding diaryl/α,β-unsaturated/α-hetero) is 1. The molecule has 1 aliphatic rings. The molecule has 20 heavy (non-hydrogen) atoms. The van der Waals surface area contributed by atoms with Crippen LogP contribution in [0.5, 0.6) is 0 Å². The summed E-state index contributed by atoms with van der Waals surface area (Å²) in [6, 6.07) is 4.86. The van der Waals surface area contributed by atoms with Crippen LogP contribution in [0.25, 0.3) is 0 Å². The molecule has 1 aliphatic heterocycles. The summed E-state index contributed by atoms with van der Waals surface area (Å²) < 4.78 is 0. The summed E-state index contributed by atoms with van der Waals surface area (Å²) in [7, 11) is 0. The van der Waals surface area contributed by atoms with Crippen LogP contribution in [0.15, 0.2) is 23.6 Å². The van der Waals surface area contributed by atoms with E-state index in [4.69, 9.17) is 11.6 Å². The lowest BCUT2D eigenvalue weighted by atomic mass is 10.1. The zero-order valence-electron chi connectivity index (χ0n) is 10.7. The highest BCUT2D eigenvalue weighted by molar-refractivity contribution is 7.09. The van der Waals surface area contributed by atoms with Crippen LogP contribution in [-0.4, -0.2) is 16.7 Å². The van der Waals surface area contributed by atoms with E-state index < -0.39 is 11.7 Å². The zero-order valence-corrected chi connectivity index (χ0v) is 12.3. The van der Waals surface area contributed by atoms with Crippen LogP contribution in [0.1, 0.15) is 28.0 Å². The zero-order chi connectivity index (χ0) is 14.3. The summed E-state index contributed by atoms with van der Waals surface area (Å²) >= 11 is 7.51. The predicted octanol–water partition coefficient (Wildman–Crippen LogP) is 3.09. The van der Waals surface area contributed by atoms with Crippen LogP contribution >= 0.6 is 22.9 Å². The molecule has 0 saturated heterocycles. The maximum absolute atomic E-state index is 12.1. The van der Waals surface area contributed by atoms with Crippen molar-refractivity contribution in [2.45, 2.75) is 19.9 Å². The summed E-state index contributed by atoms with van der Waals surface area (Å²) in [6.45, 7) is 2.33. The van der Waals surface area contributed by atoms with Crippen molar-refractivity contribution in [1.82, 2.24) is 4.98 Å². The van der Waals surface area contributed by atoms with E-state index in [0.717, 1.165) is 17.1 Å². The van der Waals surface area contributed by atoms with Crippen LogP contribution < -0.4 is 4.90 Å².